The van der Waals surface area contributed by atoms with Crippen LogP contribution in [0.25, 0.3) is 11.1 Å². The molecule has 1 heterocycles. The van der Waals surface area contributed by atoms with Gasteiger partial charge in [0.2, 0.25) is 0 Å². The smallest absolute Gasteiger partial charge is 0.255 e. The van der Waals surface area contributed by atoms with Crippen molar-refractivity contribution in [3.63, 3.8) is 0 Å². The van der Waals surface area contributed by atoms with Gasteiger partial charge in [-0.15, -0.1) is 0 Å². The van der Waals surface area contributed by atoms with Crippen LogP contribution in [0.15, 0.2) is 83.6 Å². The topological polar surface area (TPSA) is 38.8 Å². The van der Waals surface area contributed by atoms with Crippen LogP contribution >= 0.6 is 11.3 Å². The van der Waals surface area contributed by atoms with E-state index in [-0.39, 0.29) is 11.9 Å². The van der Waals surface area contributed by atoms with Crippen molar-refractivity contribution in [3.8, 4) is 22.6 Å². The molecule has 5 rings (SSSR count). The summed E-state index contributed by atoms with van der Waals surface area (Å²) in [5.74, 6) is 1.49. The lowest BCUT2D eigenvalue weighted by Crippen LogP contribution is -2.40. The molecule has 0 saturated heterocycles. The lowest BCUT2D eigenvalue weighted by Gasteiger charge is -2.30. The predicted octanol–water partition coefficient (Wildman–Crippen LogP) is 6.24. The first-order valence-corrected chi connectivity index (χ1v) is 12.3. The van der Waals surface area contributed by atoms with Crippen molar-refractivity contribution >= 4 is 17.2 Å². The molecule has 0 N–H and O–H groups in total. The van der Waals surface area contributed by atoms with E-state index in [4.69, 9.17) is 9.47 Å². The lowest BCUT2D eigenvalue weighted by molar-refractivity contribution is 0.0668. The van der Waals surface area contributed by atoms with Crippen molar-refractivity contribution < 1.29 is 14.3 Å². The van der Waals surface area contributed by atoms with Crippen molar-refractivity contribution in [2.75, 3.05) is 14.2 Å². The molecular formula is C29H27NO3S. The van der Waals surface area contributed by atoms with E-state index in [1.807, 2.05) is 46.7 Å². The highest BCUT2D eigenvalue weighted by Crippen LogP contribution is 2.33. The number of fused-ring (bicyclic) bond motifs is 1. The fourth-order valence-electron chi connectivity index (χ4n) is 4.74. The van der Waals surface area contributed by atoms with Gasteiger partial charge in [-0.05, 0) is 87.8 Å². The van der Waals surface area contributed by atoms with Gasteiger partial charge >= 0.3 is 0 Å². The minimum Gasteiger partial charge on any atom is -0.497 e. The van der Waals surface area contributed by atoms with E-state index in [2.05, 4.69) is 41.8 Å². The molecule has 0 bridgehead atoms. The van der Waals surface area contributed by atoms with E-state index < -0.39 is 0 Å². The number of thiophene rings is 1. The van der Waals surface area contributed by atoms with E-state index in [9.17, 15) is 4.79 Å². The van der Waals surface area contributed by atoms with E-state index >= 15 is 0 Å². The largest absolute Gasteiger partial charge is 0.497 e. The number of carbonyl (C=O) groups excluding carboxylic acids is 1. The number of amides is 1. The third-order valence-electron chi connectivity index (χ3n) is 6.51. The molecule has 0 atom stereocenters. The summed E-state index contributed by atoms with van der Waals surface area (Å²) in [5, 5.41) is 4.12. The Morgan fingerprint density at radius 1 is 0.912 bits per heavy atom. The van der Waals surface area contributed by atoms with Gasteiger partial charge in [-0.3, -0.25) is 4.79 Å². The molecule has 0 fully saturated rings. The highest BCUT2D eigenvalue weighted by atomic mass is 32.1. The summed E-state index contributed by atoms with van der Waals surface area (Å²) in [6.07, 6.45) is 1.70. The number of nitrogens with zero attached hydrogens (tertiary/aromatic N) is 1. The normalized spacial score (nSPS) is 12.9. The molecule has 1 aliphatic carbocycles. The molecule has 3 aromatic carbocycles. The van der Waals surface area contributed by atoms with E-state index in [1.165, 1.54) is 11.1 Å². The number of benzene rings is 3. The van der Waals surface area contributed by atoms with Crippen LogP contribution in [-0.4, -0.2) is 31.1 Å². The van der Waals surface area contributed by atoms with E-state index in [0.29, 0.717) is 17.9 Å². The van der Waals surface area contributed by atoms with Gasteiger partial charge in [0.15, 0.2) is 0 Å². The first kappa shape index (κ1) is 22.2. The number of carbonyl (C=O) groups is 1. The number of methoxy groups -OCH3 is 2. The summed E-state index contributed by atoms with van der Waals surface area (Å²) in [6, 6.07) is 24.4. The maximum absolute atomic E-state index is 14.3. The van der Waals surface area contributed by atoms with Crippen LogP contribution < -0.4 is 9.47 Å². The molecule has 0 unspecified atom stereocenters. The zero-order chi connectivity index (χ0) is 23.5. The van der Waals surface area contributed by atoms with Crippen molar-refractivity contribution in [1.82, 2.24) is 4.90 Å². The second kappa shape index (κ2) is 9.74. The second-order valence-corrected chi connectivity index (χ2v) is 9.32. The Balaban J connectivity index is 1.56. The number of ether oxygens (including phenoxy) is 2. The quantitative estimate of drug-likeness (QED) is 0.321. The molecule has 1 aromatic heterocycles. The fraction of sp³-hybridized carbons (Fsp3) is 0.207. The SMILES string of the molecule is COc1cccc(CN(C(=O)c2cc(OC)ccc2-c2ccsc2)C2Cc3ccccc3C2)c1. The van der Waals surface area contributed by atoms with Crippen molar-refractivity contribution in [2.45, 2.75) is 25.4 Å². The zero-order valence-corrected chi connectivity index (χ0v) is 20.2. The van der Waals surface area contributed by atoms with Crippen LogP contribution in [0.5, 0.6) is 11.5 Å². The highest BCUT2D eigenvalue weighted by Gasteiger charge is 2.32. The minimum absolute atomic E-state index is 0.0146. The fourth-order valence-corrected chi connectivity index (χ4v) is 5.40. The molecular weight excluding hydrogens is 442 g/mol. The first-order valence-electron chi connectivity index (χ1n) is 11.4. The summed E-state index contributed by atoms with van der Waals surface area (Å²) in [7, 11) is 3.30. The van der Waals surface area contributed by atoms with Crippen LogP contribution in [0.3, 0.4) is 0 Å². The molecule has 1 aliphatic rings. The molecule has 0 radical (unpaired) electrons. The Morgan fingerprint density at radius 3 is 2.32 bits per heavy atom. The van der Waals surface area contributed by atoms with Crippen LogP contribution in [0, 0.1) is 0 Å². The Hall–Kier alpha value is -3.57. The summed E-state index contributed by atoms with van der Waals surface area (Å²) in [6.45, 7) is 0.509. The van der Waals surface area contributed by atoms with Gasteiger partial charge in [-0.2, -0.15) is 11.3 Å². The third-order valence-corrected chi connectivity index (χ3v) is 7.19. The van der Waals surface area contributed by atoms with Crippen LogP contribution in [0.2, 0.25) is 0 Å². The maximum atomic E-state index is 14.3. The van der Waals surface area contributed by atoms with Gasteiger partial charge in [0.05, 0.1) is 19.8 Å². The standard InChI is InChI=1S/C29H27NO3S/c1-32-25-9-5-6-20(14-25)18-30(24-15-21-7-3-4-8-22(21)16-24)29(31)28-17-26(33-2)10-11-27(28)23-12-13-34-19-23/h3-14,17,19,24H,15-16,18H2,1-2H3. The van der Waals surface area contributed by atoms with Gasteiger partial charge in [-0.1, -0.05) is 36.4 Å². The van der Waals surface area contributed by atoms with Gasteiger partial charge in [0, 0.05) is 12.6 Å². The summed E-state index contributed by atoms with van der Waals surface area (Å²) in [4.78, 5) is 16.3. The molecule has 0 spiro atoms. The first-order chi connectivity index (χ1) is 16.7. The van der Waals surface area contributed by atoms with Gasteiger partial charge in [0.25, 0.3) is 5.91 Å². The summed E-state index contributed by atoms with van der Waals surface area (Å²) in [5.41, 5.74) is 6.32. The Kier molecular flexibility index (Phi) is 6.37. The Morgan fingerprint density at radius 2 is 1.65 bits per heavy atom. The molecule has 0 aliphatic heterocycles. The number of hydrogen-bond acceptors (Lipinski definition) is 4. The predicted molar refractivity (Wildman–Crippen MR) is 137 cm³/mol. The van der Waals surface area contributed by atoms with Crippen molar-refractivity contribution in [3.05, 3.63) is 106 Å². The maximum Gasteiger partial charge on any atom is 0.255 e. The molecule has 172 valence electrons. The van der Waals surface area contributed by atoms with Gasteiger partial charge in [-0.25, -0.2) is 0 Å². The summed E-state index contributed by atoms with van der Waals surface area (Å²) >= 11 is 1.63. The third kappa shape index (κ3) is 4.44. The van der Waals surface area contributed by atoms with Crippen LogP contribution in [0.4, 0.5) is 0 Å². The van der Waals surface area contributed by atoms with E-state index in [0.717, 1.165) is 35.3 Å². The monoisotopic (exact) mass is 469 g/mol. The second-order valence-electron chi connectivity index (χ2n) is 8.54. The zero-order valence-electron chi connectivity index (χ0n) is 19.4. The summed E-state index contributed by atoms with van der Waals surface area (Å²) < 4.78 is 10.9. The molecule has 4 nitrogen and oxygen atoms in total. The van der Waals surface area contributed by atoms with E-state index in [1.54, 1.807) is 25.6 Å². The molecule has 0 saturated carbocycles. The Bertz CT molecular complexity index is 1270. The molecule has 34 heavy (non-hydrogen) atoms. The average molecular weight is 470 g/mol. The highest BCUT2D eigenvalue weighted by molar-refractivity contribution is 7.08. The number of hydrogen-bond donors (Lipinski definition) is 0. The van der Waals surface area contributed by atoms with Crippen LogP contribution in [-0.2, 0) is 19.4 Å². The molecule has 5 heteroatoms. The Labute approximate surface area is 204 Å². The van der Waals surface area contributed by atoms with Gasteiger partial charge in [0.1, 0.15) is 11.5 Å². The molecule has 1 amide bonds. The van der Waals surface area contributed by atoms with Crippen molar-refractivity contribution in [1.29, 1.82) is 0 Å². The molecule has 4 aromatic rings. The van der Waals surface area contributed by atoms with Gasteiger partial charge < -0.3 is 14.4 Å². The van der Waals surface area contributed by atoms with Crippen molar-refractivity contribution in [2.24, 2.45) is 0 Å². The van der Waals surface area contributed by atoms with Crippen LogP contribution in [0.1, 0.15) is 27.0 Å². The minimum atomic E-state index is 0.0146. The number of rotatable bonds is 7. The lowest BCUT2D eigenvalue weighted by atomic mass is 9.99. The average Bonchev–Trinajstić information content (AvgIpc) is 3.57.